The minimum atomic E-state index is -1.08. The number of thiophene rings is 1. The lowest BCUT2D eigenvalue weighted by atomic mass is 9.94. The van der Waals surface area contributed by atoms with E-state index < -0.39 is 41.1 Å². The molecular formula is C57H75ClN10O15S. The van der Waals surface area contributed by atoms with Crippen LogP contribution >= 0.6 is 22.9 Å². The number of aliphatic imine (C=N–C) groups is 1. The molecule has 2 aromatic heterocycles. The van der Waals surface area contributed by atoms with Gasteiger partial charge in [-0.3, -0.25) is 53.3 Å². The zero-order chi connectivity index (χ0) is 60.0. The lowest BCUT2D eigenvalue weighted by Gasteiger charge is -2.29. The van der Waals surface area contributed by atoms with Gasteiger partial charge in [-0.1, -0.05) is 36.7 Å². The molecule has 3 aliphatic rings. The van der Waals surface area contributed by atoms with Gasteiger partial charge in [0.05, 0.1) is 122 Å². The van der Waals surface area contributed by atoms with Crippen LogP contribution < -0.4 is 26.6 Å². The Bertz CT molecular complexity index is 2960. The number of carbonyl (C=O) groups excluding carboxylic acids is 7. The van der Waals surface area contributed by atoms with Crippen LogP contribution in [0.15, 0.2) is 47.5 Å². The molecule has 3 aliphatic heterocycles. The second-order valence-electron chi connectivity index (χ2n) is 20.4. The Morgan fingerprint density at radius 2 is 1.30 bits per heavy atom. The molecule has 0 radical (unpaired) electrons. The number of anilines is 1. The highest BCUT2D eigenvalue weighted by atomic mass is 35.5. The molecule has 5 N–H and O–H groups in total. The number of aromatic nitrogens is 3. The number of halogens is 1. The van der Waals surface area contributed by atoms with Crippen molar-refractivity contribution < 1.29 is 71.5 Å². The maximum absolute atomic E-state index is 13.4. The van der Waals surface area contributed by atoms with Gasteiger partial charge in [-0.05, 0) is 57.0 Å². The first-order valence-electron chi connectivity index (χ1n) is 27.9. The molecule has 1 fully saturated rings. The van der Waals surface area contributed by atoms with Crippen molar-refractivity contribution in [1.82, 2.24) is 40.9 Å². The number of hydrogen-bond donors (Lipinski definition) is 5. The molecule has 456 valence electrons. The number of fused-ring (bicyclic) bond motifs is 4. The number of rotatable bonds is 37. The second kappa shape index (κ2) is 32.6. The Morgan fingerprint density at radius 1 is 0.702 bits per heavy atom. The highest BCUT2D eigenvalue weighted by Crippen LogP contribution is 2.40. The molecule has 2 unspecified atom stereocenters. The lowest BCUT2D eigenvalue weighted by molar-refractivity contribution is -0.136. The molecule has 7 rings (SSSR count). The van der Waals surface area contributed by atoms with Gasteiger partial charge >= 0.3 is 0 Å². The Morgan fingerprint density at radius 3 is 1.93 bits per heavy atom. The number of hydrogen-bond acceptors (Lipinski definition) is 20. The van der Waals surface area contributed by atoms with E-state index in [1.807, 2.05) is 42.7 Å². The van der Waals surface area contributed by atoms with E-state index in [9.17, 15) is 33.6 Å². The van der Waals surface area contributed by atoms with E-state index in [4.69, 9.17) is 54.5 Å². The topological polar surface area (TPSA) is 300 Å². The fourth-order valence-corrected chi connectivity index (χ4v) is 10.6. The average molecular weight is 1210 g/mol. The fourth-order valence-electron chi connectivity index (χ4n) is 9.30. The molecule has 2 aromatic carbocycles. The second-order valence-corrected chi connectivity index (χ2v) is 22.0. The largest absolute Gasteiger partial charge is 0.383 e. The van der Waals surface area contributed by atoms with Gasteiger partial charge in [0.25, 0.3) is 11.8 Å². The molecule has 27 heteroatoms. The van der Waals surface area contributed by atoms with Gasteiger partial charge in [0.2, 0.25) is 29.5 Å². The minimum absolute atomic E-state index is 0.0156. The number of nitrogens with one attached hydrogen (secondary N) is 5. The van der Waals surface area contributed by atoms with Gasteiger partial charge in [-0.25, -0.2) is 0 Å². The summed E-state index contributed by atoms with van der Waals surface area (Å²) < 4.78 is 48.1. The summed E-state index contributed by atoms with van der Waals surface area (Å²) in [6.45, 7) is 14.8. The van der Waals surface area contributed by atoms with Gasteiger partial charge in [-0.15, -0.1) is 21.5 Å². The first-order valence-corrected chi connectivity index (χ1v) is 29.1. The number of benzene rings is 2. The summed E-state index contributed by atoms with van der Waals surface area (Å²) in [5, 5.41) is 24.1. The van der Waals surface area contributed by atoms with Crippen LogP contribution in [0.4, 0.5) is 5.69 Å². The summed E-state index contributed by atoms with van der Waals surface area (Å²) in [7, 11) is 0. The van der Waals surface area contributed by atoms with E-state index in [1.165, 1.54) is 13.0 Å². The molecule has 7 amide bonds. The van der Waals surface area contributed by atoms with Crippen LogP contribution in [0, 0.1) is 26.2 Å². The van der Waals surface area contributed by atoms with Crippen LogP contribution in [0.1, 0.15) is 93.1 Å². The van der Waals surface area contributed by atoms with Gasteiger partial charge in [0.1, 0.15) is 29.5 Å². The summed E-state index contributed by atoms with van der Waals surface area (Å²) in [5.41, 5.74) is 3.84. The van der Waals surface area contributed by atoms with Crippen LogP contribution in [0.2, 0.25) is 5.02 Å². The predicted molar refractivity (Wildman–Crippen MR) is 309 cm³/mol. The first-order chi connectivity index (χ1) is 40.5. The Hall–Kier alpha value is -6.59. The summed E-state index contributed by atoms with van der Waals surface area (Å²) in [6.07, 6.45) is 0.123. The highest BCUT2D eigenvalue weighted by molar-refractivity contribution is 7.15. The molecule has 0 aliphatic carbocycles. The summed E-state index contributed by atoms with van der Waals surface area (Å²) in [6, 6.07) is 10.6. The summed E-state index contributed by atoms with van der Waals surface area (Å²) >= 11 is 7.90. The van der Waals surface area contributed by atoms with Crippen molar-refractivity contribution in [2.24, 2.45) is 10.4 Å². The molecule has 3 atom stereocenters. The third-order valence-electron chi connectivity index (χ3n) is 13.6. The van der Waals surface area contributed by atoms with Crippen LogP contribution in [0.5, 0.6) is 0 Å². The number of imide groups is 2. The standard InChI is InChI=1S/C57H75ClN10O15S/c1-36-37(2)84-56-49(36)51(40-9-11-41(58)12-10-40)63-44(52-66-65-38(3)67(52)56)31-47(71)62-18-20-77-22-24-79-26-29-82-34-57(5,33-81-28-25-78-23-21-76-19-17-59-39(4)69)35-83-30-27-80-32-48(72)61-16-15-60-43-8-6-7-42-50(43)55(75)68(54(42)74)45-13-14-46(70)64-53(45)73/h6-12,44-45,60H,13-35H2,1-5H3,(H,59,69)(H,61,72)(H,62,71)(H,64,70,73)/t44-,45?,57?/m0/s1. The van der Waals surface area contributed by atoms with E-state index in [2.05, 4.69) is 50.6 Å². The fraction of sp³-hybridized carbons (Fsp3) is 0.544. The van der Waals surface area contributed by atoms with Gasteiger partial charge in [0.15, 0.2) is 5.82 Å². The molecule has 25 nitrogen and oxygen atoms in total. The summed E-state index contributed by atoms with van der Waals surface area (Å²) in [5.74, 6) is -1.77. The lowest BCUT2D eigenvalue weighted by Crippen LogP contribution is -2.54. The quantitative estimate of drug-likeness (QED) is 0.0320. The van der Waals surface area contributed by atoms with E-state index >= 15 is 0 Å². The van der Waals surface area contributed by atoms with Crippen molar-refractivity contribution in [3.05, 3.63) is 91.8 Å². The van der Waals surface area contributed by atoms with Crippen LogP contribution in [-0.2, 0) is 61.9 Å². The normalized spacial score (nSPS) is 16.3. The number of carbonyl (C=O) groups is 7. The SMILES string of the molecule is CC(=O)NCCOCCOCCOCC(C)(COCCOCCOCCNC(=O)C[C@@H]1N=C(c2ccc(Cl)cc2)c2c(sc(C)c2C)-n2c(C)nnc21)COCCOCC(=O)NCCNc1cccc2c1C(=O)N(C1CCC(=O)NC1=O)C2=O. The van der Waals surface area contributed by atoms with Crippen molar-refractivity contribution >= 4 is 75.7 Å². The van der Waals surface area contributed by atoms with Crippen molar-refractivity contribution in [3.8, 4) is 5.00 Å². The van der Waals surface area contributed by atoms with Crippen LogP contribution in [0.3, 0.4) is 0 Å². The average Bonchev–Trinajstić information content (AvgIpc) is 1.79. The molecule has 4 aromatic rings. The molecule has 1 saturated heterocycles. The Labute approximate surface area is 496 Å². The maximum atomic E-state index is 13.4. The zero-order valence-corrected chi connectivity index (χ0v) is 49.7. The number of piperidine rings is 1. The van der Waals surface area contributed by atoms with E-state index in [0.29, 0.717) is 88.4 Å². The number of aryl methyl sites for hydroxylation is 2. The molecule has 5 heterocycles. The highest BCUT2D eigenvalue weighted by Gasteiger charge is 2.45. The van der Waals surface area contributed by atoms with Gasteiger partial charge in [0, 0.05) is 71.7 Å². The minimum Gasteiger partial charge on any atom is -0.383 e. The molecule has 0 saturated carbocycles. The molecule has 0 spiro atoms. The van der Waals surface area contributed by atoms with Crippen molar-refractivity contribution in [1.29, 1.82) is 0 Å². The number of ether oxygens (including phenoxy) is 8. The molecular weight excluding hydrogens is 1130 g/mol. The molecule has 0 bridgehead atoms. The van der Waals surface area contributed by atoms with Crippen molar-refractivity contribution in [3.63, 3.8) is 0 Å². The van der Waals surface area contributed by atoms with E-state index in [1.54, 1.807) is 23.5 Å². The van der Waals surface area contributed by atoms with E-state index in [-0.39, 0.29) is 114 Å². The van der Waals surface area contributed by atoms with Crippen molar-refractivity contribution in [2.75, 3.05) is 137 Å². The summed E-state index contributed by atoms with van der Waals surface area (Å²) in [4.78, 5) is 94.9. The monoisotopic (exact) mass is 1210 g/mol. The van der Waals surface area contributed by atoms with Gasteiger partial charge < -0.3 is 59.2 Å². The number of nitrogens with zero attached hydrogens (tertiary/aromatic N) is 5. The smallest absolute Gasteiger partial charge is 0.264 e. The maximum Gasteiger partial charge on any atom is 0.264 e. The Kier molecular flexibility index (Phi) is 25.2. The zero-order valence-electron chi connectivity index (χ0n) is 48.1. The third-order valence-corrected chi connectivity index (χ3v) is 15.0. The first kappa shape index (κ1) is 65.0. The predicted octanol–water partition coefficient (Wildman–Crippen LogP) is 3.21. The Balaban J connectivity index is 0.768. The third kappa shape index (κ3) is 18.5. The van der Waals surface area contributed by atoms with Crippen LogP contribution in [0.25, 0.3) is 5.00 Å². The molecule has 84 heavy (non-hydrogen) atoms. The van der Waals surface area contributed by atoms with E-state index in [0.717, 1.165) is 37.2 Å². The van der Waals surface area contributed by atoms with Crippen LogP contribution in [-0.4, -0.2) is 205 Å². The van der Waals surface area contributed by atoms with Gasteiger partial charge in [-0.2, -0.15) is 0 Å². The number of amides is 7. The van der Waals surface area contributed by atoms with Crippen molar-refractivity contribution in [2.45, 2.75) is 66.0 Å².